The van der Waals surface area contributed by atoms with Gasteiger partial charge in [-0.1, -0.05) is 6.07 Å². The molecule has 1 nitrogen and oxygen atoms in total. The quantitative estimate of drug-likeness (QED) is 0.629. The van der Waals surface area contributed by atoms with Gasteiger partial charge in [-0.3, -0.25) is 0 Å². The number of hydrogen-bond acceptors (Lipinski definition) is 1. The number of nitrogens with zero attached hydrogens (tertiary/aromatic N) is 1. The lowest BCUT2D eigenvalue weighted by Gasteiger charge is -2.16. The minimum atomic E-state index is -2.89. The minimum Gasteiger partial charge on any atom is -0.371 e. The van der Waals surface area contributed by atoms with Crippen LogP contribution in [-0.2, 0) is 0 Å². The predicted octanol–water partition coefficient (Wildman–Crippen LogP) is 2.43. The summed E-state index contributed by atoms with van der Waals surface area (Å²) in [7, 11) is 0. The monoisotopic (exact) mass is 172 g/mol. The van der Waals surface area contributed by atoms with Crippen LogP contribution >= 0.6 is 0 Å². The van der Waals surface area contributed by atoms with Crippen LogP contribution in [0.3, 0.4) is 0 Å². The van der Waals surface area contributed by atoms with E-state index in [0.717, 1.165) is 12.1 Å². The van der Waals surface area contributed by atoms with E-state index in [1.807, 2.05) is 0 Å². The van der Waals surface area contributed by atoms with Gasteiger partial charge in [0.1, 0.15) is 5.82 Å². The molecule has 1 fully saturated rings. The highest BCUT2D eigenvalue weighted by Gasteiger charge is 2.11. The fourth-order valence-electron chi connectivity index (χ4n) is 0.987. The lowest BCUT2D eigenvalue weighted by molar-refractivity contribution is 0.627. The molecule has 1 atom stereocenters. The van der Waals surface area contributed by atoms with Crippen LogP contribution in [0.25, 0.3) is 0 Å². The molecule has 1 aromatic carbocycles. The molecule has 0 saturated carbocycles. The van der Waals surface area contributed by atoms with Crippen molar-refractivity contribution in [2.24, 2.45) is 0 Å². The largest absolute Gasteiger partial charge is 0.371 e. The summed E-state index contributed by atoms with van der Waals surface area (Å²) >= 11 is 0. The highest BCUT2D eigenvalue weighted by Crippen LogP contribution is 2.20. The first-order chi connectivity index (χ1) is 8.53. The molecule has 2 rings (SSSR count). The third-order valence-corrected chi connectivity index (χ3v) is 1.53. The molecule has 1 aliphatic heterocycles. The Hall–Kier alpha value is -1.05. The molecular weight excluding hydrogens is 153 g/mol. The van der Waals surface area contributed by atoms with Crippen molar-refractivity contribution in [3.8, 4) is 0 Å². The normalized spacial score (nSPS) is 44.2. The Bertz CT molecular complexity index is 504. The van der Waals surface area contributed by atoms with Gasteiger partial charge >= 0.3 is 0 Å². The van der Waals surface area contributed by atoms with E-state index < -0.39 is 31.6 Å². The van der Waals surface area contributed by atoms with Crippen LogP contribution in [0, 0.1) is 5.82 Å². The Kier molecular flexibility index (Phi) is 0.788. The zero-order valence-electron chi connectivity index (χ0n) is 13.2. The van der Waals surface area contributed by atoms with Gasteiger partial charge in [-0.05, 0) is 30.9 Å². The molecule has 1 aliphatic rings. The van der Waals surface area contributed by atoms with Gasteiger partial charge in [0.15, 0.2) is 0 Å². The van der Waals surface area contributed by atoms with Gasteiger partial charge in [-0.2, -0.15) is 0 Å². The first-order valence-corrected chi connectivity index (χ1v) is 3.50. The molecule has 0 radical (unpaired) electrons. The molecule has 1 heterocycles. The van der Waals surface area contributed by atoms with E-state index in [1.165, 1.54) is 12.1 Å². The summed E-state index contributed by atoms with van der Waals surface area (Å²) in [6.07, 6.45) is -5.61. The standard InChI is InChI=1S/C10H12FN/c11-9-4-3-5-10(8-9)12-6-1-2-7-12/h3-5,8H,1-2,6-7H2/i1D2,2D2,6D,7D2. The lowest BCUT2D eigenvalue weighted by Crippen LogP contribution is -2.17. The summed E-state index contributed by atoms with van der Waals surface area (Å²) in [5.41, 5.74) is -0.0600. The summed E-state index contributed by atoms with van der Waals surface area (Å²) < 4.78 is 67.0. The van der Waals surface area contributed by atoms with Gasteiger partial charge in [-0.25, -0.2) is 4.39 Å². The Morgan fingerprint density at radius 2 is 2.33 bits per heavy atom. The molecule has 12 heavy (non-hydrogen) atoms. The predicted molar refractivity (Wildman–Crippen MR) is 47.8 cm³/mol. The maximum absolute atomic E-state index is 13.2. The molecule has 0 spiro atoms. The zero-order valence-corrected chi connectivity index (χ0v) is 6.21. The first kappa shape index (κ1) is 3.02. The van der Waals surface area contributed by atoms with Crippen molar-refractivity contribution in [1.29, 1.82) is 0 Å². The molecule has 64 valence electrons. The molecule has 1 saturated heterocycles. The van der Waals surface area contributed by atoms with E-state index >= 15 is 0 Å². The van der Waals surface area contributed by atoms with Crippen molar-refractivity contribution in [2.45, 2.75) is 12.7 Å². The van der Waals surface area contributed by atoms with Crippen molar-refractivity contribution in [3.63, 3.8) is 0 Å². The molecule has 0 N–H and O–H groups in total. The maximum Gasteiger partial charge on any atom is 0.125 e. The van der Waals surface area contributed by atoms with Crippen molar-refractivity contribution in [3.05, 3.63) is 30.1 Å². The average molecular weight is 172 g/mol. The third kappa shape index (κ3) is 1.42. The summed E-state index contributed by atoms with van der Waals surface area (Å²) in [6.45, 7) is -4.56. The molecule has 2 heteroatoms. The second-order valence-electron chi connectivity index (χ2n) is 2.36. The number of benzene rings is 1. The van der Waals surface area contributed by atoms with Crippen LogP contribution in [-0.4, -0.2) is 13.0 Å². The zero-order chi connectivity index (χ0) is 14.6. The van der Waals surface area contributed by atoms with Crippen LogP contribution in [0.15, 0.2) is 24.3 Å². The van der Waals surface area contributed by atoms with Crippen LogP contribution in [0.5, 0.6) is 0 Å². The van der Waals surface area contributed by atoms with E-state index in [4.69, 9.17) is 9.60 Å². The number of anilines is 1. The number of halogens is 1. The maximum atomic E-state index is 13.2. The average Bonchev–Trinajstić information content (AvgIpc) is 2.36. The van der Waals surface area contributed by atoms with Crippen molar-refractivity contribution in [1.82, 2.24) is 0 Å². The van der Waals surface area contributed by atoms with Gasteiger partial charge in [0, 0.05) is 28.3 Å². The fourth-order valence-corrected chi connectivity index (χ4v) is 0.987. The van der Waals surface area contributed by atoms with Crippen LogP contribution in [0.2, 0.25) is 0 Å². The van der Waals surface area contributed by atoms with Gasteiger partial charge in [-0.15, -0.1) is 0 Å². The molecular formula is C10H12FN. The van der Waals surface area contributed by atoms with E-state index in [2.05, 4.69) is 0 Å². The molecule has 0 amide bonds. The SMILES string of the molecule is [2H]C1N(c2cccc(F)c2)C([2H])([2H])C([2H])([2H])C1([2H])[2H]. The topological polar surface area (TPSA) is 3.24 Å². The third-order valence-electron chi connectivity index (χ3n) is 1.53. The Balaban J connectivity index is 2.58. The number of rotatable bonds is 1. The van der Waals surface area contributed by atoms with Crippen molar-refractivity contribution < 1.29 is 14.0 Å². The fraction of sp³-hybridized carbons (Fsp3) is 0.400. The molecule has 1 unspecified atom stereocenters. The van der Waals surface area contributed by atoms with Gasteiger partial charge in [0.2, 0.25) is 0 Å². The Morgan fingerprint density at radius 3 is 3.00 bits per heavy atom. The molecule has 1 aromatic rings. The van der Waals surface area contributed by atoms with Gasteiger partial charge in [0.05, 0.1) is 0 Å². The lowest BCUT2D eigenvalue weighted by atomic mass is 10.3. The smallest absolute Gasteiger partial charge is 0.125 e. The van der Waals surface area contributed by atoms with Crippen LogP contribution in [0.4, 0.5) is 10.1 Å². The second kappa shape index (κ2) is 3.13. The number of hydrogen-bond donors (Lipinski definition) is 0. The Morgan fingerprint density at radius 1 is 1.42 bits per heavy atom. The summed E-state index contributed by atoms with van der Waals surface area (Å²) in [4.78, 5) is 0.635. The minimum absolute atomic E-state index is 0.0600. The van der Waals surface area contributed by atoms with Crippen LogP contribution < -0.4 is 4.90 Å². The van der Waals surface area contributed by atoms with Gasteiger partial charge < -0.3 is 4.90 Å². The highest BCUT2D eigenvalue weighted by atomic mass is 19.1. The van der Waals surface area contributed by atoms with E-state index in [-0.39, 0.29) is 5.69 Å². The van der Waals surface area contributed by atoms with E-state index in [1.54, 1.807) is 0 Å². The summed E-state index contributed by atoms with van der Waals surface area (Å²) in [5.74, 6) is -0.659. The van der Waals surface area contributed by atoms with Crippen LogP contribution in [0.1, 0.15) is 22.3 Å². The Labute approximate surface area is 81.6 Å². The molecule has 0 bridgehead atoms. The van der Waals surface area contributed by atoms with E-state index in [9.17, 15) is 4.39 Å². The summed E-state index contributed by atoms with van der Waals surface area (Å²) in [5, 5.41) is 0. The van der Waals surface area contributed by atoms with E-state index in [0.29, 0.717) is 4.90 Å². The van der Waals surface area contributed by atoms with Crippen molar-refractivity contribution in [2.75, 3.05) is 17.9 Å². The van der Waals surface area contributed by atoms with Gasteiger partial charge in [0.25, 0.3) is 0 Å². The van der Waals surface area contributed by atoms with Crippen molar-refractivity contribution >= 4 is 5.69 Å². The first-order valence-electron chi connectivity index (χ1n) is 7.08. The summed E-state index contributed by atoms with van der Waals surface area (Å²) in [6, 6.07) is 4.71. The highest BCUT2D eigenvalue weighted by molar-refractivity contribution is 5.46. The molecule has 0 aromatic heterocycles. The second-order valence-corrected chi connectivity index (χ2v) is 2.36. The molecule has 0 aliphatic carbocycles.